The van der Waals surface area contributed by atoms with Gasteiger partial charge in [0.1, 0.15) is 5.15 Å². The topological polar surface area (TPSA) is 71.2 Å². The summed E-state index contributed by atoms with van der Waals surface area (Å²) < 4.78 is 0. The number of carbonyl (C=O) groups excluding carboxylic acids is 1. The van der Waals surface area contributed by atoms with Crippen molar-refractivity contribution >= 4 is 23.2 Å². The lowest BCUT2D eigenvalue weighted by atomic mass is 10.2. The van der Waals surface area contributed by atoms with Crippen LogP contribution in [0.2, 0.25) is 5.15 Å². The Kier molecular flexibility index (Phi) is 5.18. The first-order valence-corrected chi connectivity index (χ1v) is 5.80. The van der Waals surface area contributed by atoms with E-state index in [0.29, 0.717) is 17.8 Å². The quantitative estimate of drug-likeness (QED) is 0.771. The Balaban J connectivity index is 2.55. The van der Waals surface area contributed by atoms with Crippen LogP contribution in [0.1, 0.15) is 17.3 Å². The fourth-order valence-electron chi connectivity index (χ4n) is 1.25. The van der Waals surface area contributed by atoms with E-state index in [0.717, 1.165) is 13.1 Å². The van der Waals surface area contributed by atoms with Crippen LogP contribution >= 0.6 is 11.6 Å². The maximum atomic E-state index is 11.8. The van der Waals surface area contributed by atoms with Gasteiger partial charge in [-0.25, -0.2) is 4.98 Å². The van der Waals surface area contributed by atoms with Gasteiger partial charge < -0.3 is 16.0 Å². The smallest absolute Gasteiger partial charge is 0.253 e. The summed E-state index contributed by atoms with van der Waals surface area (Å²) >= 11 is 5.71. The van der Waals surface area contributed by atoms with E-state index in [2.05, 4.69) is 22.1 Å². The highest BCUT2D eigenvalue weighted by Gasteiger charge is 2.10. The first-order chi connectivity index (χ1) is 8.04. The van der Waals surface area contributed by atoms with Gasteiger partial charge in [-0.15, -0.1) is 0 Å². The van der Waals surface area contributed by atoms with Crippen molar-refractivity contribution < 1.29 is 4.79 Å². The van der Waals surface area contributed by atoms with Crippen molar-refractivity contribution in [2.45, 2.75) is 6.92 Å². The normalized spacial score (nSPS) is 10.6. The molecule has 94 valence electrons. The average Bonchev–Trinajstić information content (AvgIpc) is 2.31. The van der Waals surface area contributed by atoms with E-state index in [1.807, 2.05) is 7.05 Å². The molecule has 1 amide bonds. The maximum absolute atomic E-state index is 11.8. The van der Waals surface area contributed by atoms with Crippen LogP contribution in [-0.4, -0.2) is 42.5 Å². The first-order valence-electron chi connectivity index (χ1n) is 5.42. The van der Waals surface area contributed by atoms with Crippen LogP contribution in [0.25, 0.3) is 0 Å². The molecule has 0 spiro atoms. The predicted molar refractivity (Wildman–Crippen MR) is 69.2 cm³/mol. The van der Waals surface area contributed by atoms with Crippen molar-refractivity contribution in [2.24, 2.45) is 0 Å². The number of rotatable bonds is 5. The zero-order valence-electron chi connectivity index (χ0n) is 10.0. The molecule has 0 saturated heterocycles. The summed E-state index contributed by atoms with van der Waals surface area (Å²) in [5, 5.41) is 3.04. The zero-order valence-corrected chi connectivity index (χ0v) is 10.8. The Labute approximate surface area is 106 Å². The lowest BCUT2D eigenvalue weighted by molar-refractivity contribution is 0.0951. The second kappa shape index (κ2) is 6.42. The summed E-state index contributed by atoms with van der Waals surface area (Å²) in [6.07, 6.45) is 1.38. The monoisotopic (exact) mass is 256 g/mol. The molecule has 1 aromatic heterocycles. The number of likely N-dealkylation sites (N-methyl/N-ethyl adjacent to an activating group) is 1. The molecule has 17 heavy (non-hydrogen) atoms. The summed E-state index contributed by atoms with van der Waals surface area (Å²) in [6, 6.07) is 1.47. The number of carbonyl (C=O) groups is 1. The van der Waals surface area contributed by atoms with Crippen LogP contribution in [0.5, 0.6) is 0 Å². The third-order valence-corrected chi connectivity index (χ3v) is 2.67. The molecule has 0 atom stereocenters. The van der Waals surface area contributed by atoms with E-state index >= 15 is 0 Å². The molecule has 0 aromatic carbocycles. The zero-order chi connectivity index (χ0) is 12.8. The third kappa shape index (κ3) is 4.20. The highest BCUT2D eigenvalue weighted by atomic mass is 35.5. The third-order valence-electron chi connectivity index (χ3n) is 2.46. The van der Waals surface area contributed by atoms with Gasteiger partial charge in [-0.1, -0.05) is 18.5 Å². The van der Waals surface area contributed by atoms with E-state index in [1.54, 1.807) is 0 Å². The molecule has 1 heterocycles. The molecule has 0 unspecified atom stereocenters. The van der Waals surface area contributed by atoms with Crippen LogP contribution < -0.4 is 11.1 Å². The molecule has 0 saturated carbocycles. The number of aromatic nitrogens is 1. The molecule has 3 N–H and O–H groups in total. The number of hydrogen-bond acceptors (Lipinski definition) is 4. The van der Waals surface area contributed by atoms with Gasteiger partial charge in [0.05, 0.1) is 17.4 Å². The Bertz CT molecular complexity index is 397. The number of anilines is 1. The molecule has 0 fully saturated rings. The Morgan fingerprint density at radius 3 is 3.00 bits per heavy atom. The van der Waals surface area contributed by atoms with Crippen LogP contribution in [0.4, 0.5) is 5.69 Å². The molecule has 1 rings (SSSR count). The standard InChI is InChI=1S/C11H17ClN4O/c1-3-16(2)5-4-14-11(17)8-6-10(12)15-7-9(8)13/h6-7H,3-5,13H2,1-2H3,(H,14,17). The van der Waals surface area contributed by atoms with Gasteiger partial charge >= 0.3 is 0 Å². The van der Waals surface area contributed by atoms with Crippen LogP contribution in [0.3, 0.4) is 0 Å². The number of halogens is 1. The first kappa shape index (κ1) is 13.7. The summed E-state index contributed by atoms with van der Waals surface area (Å²) in [7, 11) is 1.99. The second-order valence-corrected chi connectivity index (χ2v) is 4.13. The number of nitrogens with one attached hydrogen (secondary N) is 1. The van der Waals surface area contributed by atoms with Gasteiger partial charge in [0.25, 0.3) is 5.91 Å². The molecule has 0 aliphatic rings. The van der Waals surface area contributed by atoms with E-state index in [4.69, 9.17) is 17.3 Å². The van der Waals surface area contributed by atoms with Crippen LogP contribution in [0, 0.1) is 0 Å². The minimum Gasteiger partial charge on any atom is -0.397 e. The Hall–Kier alpha value is -1.33. The average molecular weight is 257 g/mol. The second-order valence-electron chi connectivity index (χ2n) is 3.75. The summed E-state index contributed by atoms with van der Waals surface area (Å²) in [6.45, 7) is 4.37. The summed E-state index contributed by atoms with van der Waals surface area (Å²) in [5.74, 6) is -0.226. The number of hydrogen-bond donors (Lipinski definition) is 2. The van der Waals surface area contributed by atoms with E-state index in [1.165, 1.54) is 12.3 Å². The molecular formula is C11H17ClN4O. The fraction of sp³-hybridized carbons (Fsp3) is 0.455. The molecule has 0 bridgehead atoms. The number of nitrogens with zero attached hydrogens (tertiary/aromatic N) is 2. The van der Waals surface area contributed by atoms with Gasteiger partial charge in [0.2, 0.25) is 0 Å². The minimum atomic E-state index is -0.226. The molecule has 0 radical (unpaired) electrons. The lowest BCUT2D eigenvalue weighted by Gasteiger charge is -2.14. The predicted octanol–water partition coefficient (Wildman–Crippen LogP) is 0.999. The molecule has 1 aromatic rings. The van der Waals surface area contributed by atoms with E-state index in [9.17, 15) is 4.79 Å². The van der Waals surface area contributed by atoms with E-state index in [-0.39, 0.29) is 11.1 Å². The SMILES string of the molecule is CCN(C)CCNC(=O)c1cc(Cl)ncc1N. The summed E-state index contributed by atoms with van der Waals surface area (Å²) in [4.78, 5) is 17.7. The number of amides is 1. The maximum Gasteiger partial charge on any atom is 0.253 e. The highest BCUT2D eigenvalue weighted by Crippen LogP contribution is 2.14. The highest BCUT2D eigenvalue weighted by molar-refractivity contribution is 6.29. The molecule has 5 nitrogen and oxygen atoms in total. The van der Waals surface area contributed by atoms with Gasteiger partial charge in [-0.3, -0.25) is 4.79 Å². The van der Waals surface area contributed by atoms with Crippen molar-refractivity contribution in [1.82, 2.24) is 15.2 Å². The minimum absolute atomic E-state index is 0.226. The van der Waals surface area contributed by atoms with Crippen molar-refractivity contribution in [3.8, 4) is 0 Å². The van der Waals surface area contributed by atoms with Crippen LogP contribution in [-0.2, 0) is 0 Å². The van der Waals surface area contributed by atoms with Crippen molar-refractivity contribution in [2.75, 3.05) is 32.4 Å². The molecule has 0 aliphatic carbocycles. The molecule has 6 heteroatoms. The van der Waals surface area contributed by atoms with Crippen molar-refractivity contribution in [3.63, 3.8) is 0 Å². The summed E-state index contributed by atoms with van der Waals surface area (Å²) in [5.41, 5.74) is 6.35. The fourth-order valence-corrected chi connectivity index (χ4v) is 1.41. The Morgan fingerprint density at radius 2 is 2.35 bits per heavy atom. The van der Waals surface area contributed by atoms with Crippen molar-refractivity contribution in [3.05, 3.63) is 23.0 Å². The largest absolute Gasteiger partial charge is 0.397 e. The number of nitrogen functional groups attached to an aromatic ring is 1. The van der Waals surface area contributed by atoms with Gasteiger partial charge in [0.15, 0.2) is 0 Å². The van der Waals surface area contributed by atoms with Crippen molar-refractivity contribution in [1.29, 1.82) is 0 Å². The molecular weight excluding hydrogens is 240 g/mol. The lowest BCUT2D eigenvalue weighted by Crippen LogP contribution is -2.33. The molecule has 0 aliphatic heterocycles. The number of nitrogens with two attached hydrogens (primary N) is 1. The van der Waals surface area contributed by atoms with E-state index < -0.39 is 0 Å². The van der Waals surface area contributed by atoms with Gasteiger partial charge in [-0.05, 0) is 19.7 Å². The Morgan fingerprint density at radius 1 is 1.65 bits per heavy atom. The van der Waals surface area contributed by atoms with Gasteiger partial charge in [-0.2, -0.15) is 0 Å². The van der Waals surface area contributed by atoms with Crippen LogP contribution in [0.15, 0.2) is 12.3 Å². The van der Waals surface area contributed by atoms with Gasteiger partial charge in [0, 0.05) is 13.1 Å². The number of pyridine rings is 1.